The third kappa shape index (κ3) is 5.45. The molecule has 0 atom stereocenters. The lowest BCUT2D eigenvalue weighted by Gasteiger charge is -2.06. The van der Waals surface area contributed by atoms with Crippen molar-refractivity contribution in [1.29, 1.82) is 0 Å². The van der Waals surface area contributed by atoms with Crippen LogP contribution in [0.25, 0.3) is 0 Å². The summed E-state index contributed by atoms with van der Waals surface area (Å²) < 4.78 is 0. The maximum Gasteiger partial charge on any atom is 0.221 e. The van der Waals surface area contributed by atoms with Crippen molar-refractivity contribution in [2.75, 3.05) is 18.9 Å². The van der Waals surface area contributed by atoms with E-state index in [1.165, 1.54) is 6.92 Å². The Balaban J connectivity index is 2.39. The van der Waals surface area contributed by atoms with E-state index in [0.717, 1.165) is 11.3 Å². The maximum absolute atomic E-state index is 11.4. The van der Waals surface area contributed by atoms with Gasteiger partial charge in [-0.2, -0.15) is 0 Å². The fourth-order valence-corrected chi connectivity index (χ4v) is 1.44. The van der Waals surface area contributed by atoms with Crippen molar-refractivity contribution >= 4 is 17.5 Å². The smallest absolute Gasteiger partial charge is 0.221 e. The van der Waals surface area contributed by atoms with Crippen LogP contribution in [0.3, 0.4) is 0 Å². The van der Waals surface area contributed by atoms with Crippen LogP contribution in [0, 0.1) is 0 Å². The summed E-state index contributed by atoms with van der Waals surface area (Å²) in [7, 11) is 1.81. The first-order chi connectivity index (χ1) is 8.61. The number of benzene rings is 1. The van der Waals surface area contributed by atoms with E-state index in [0.29, 0.717) is 19.5 Å². The van der Waals surface area contributed by atoms with E-state index in [1.54, 1.807) is 0 Å². The molecule has 0 aromatic heterocycles. The minimum absolute atomic E-state index is 0.0234. The van der Waals surface area contributed by atoms with Gasteiger partial charge in [-0.25, -0.2) is 0 Å². The summed E-state index contributed by atoms with van der Waals surface area (Å²) in [6.07, 6.45) is 0.473. The SMILES string of the molecule is CNCCC(=O)NCc1ccc(NC(C)=O)cc1. The largest absolute Gasteiger partial charge is 0.352 e. The van der Waals surface area contributed by atoms with Crippen molar-refractivity contribution in [1.82, 2.24) is 10.6 Å². The normalized spacial score (nSPS) is 9.89. The molecule has 5 heteroatoms. The molecular formula is C13H19N3O2. The number of nitrogens with one attached hydrogen (secondary N) is 3. The number of carbonyl (C=O) groups excluding carboxylic acids is 2. The Morgan fingerprint density at radius 2 is 1.83 bits per heavy atom. The molecule has 0 bridgehead atoms. The second kappa shape index (κ2) is 7.45. The predicted molar refractivity (Wildman–Crippen MR) is 71.1 cm³/mol. The molecule has 0 aliphatic carbocycles. The van der Waals surface area contributed by atoms with Gasteiger partial charge in [-0.15, -0.1) is 0 Å². The monoisotopic (exact) mass is 249 g/mol. The molecule has 1 aromatic rings. The Kier molecular flexibility index (Phi) is 5.87. The number of anilines is 1. The average molecular weight is 249 g/mol. The highest BCUT2D eigenvalue weighted by Gasteiger charge is 2.00. The van der Waals surface area contributed by atoms with E-state index in [9.17, 15) is 9.59 Å². The fourth-order valence-electron chi connectivity index (χ4n) is 1.44. The number of amides is 2. The summed E-state index contributed by atoms with van der Waals surface area (Å²) in [4.78, 5) is 22.2. The third-order valence-corrected chi connectivity index (χ3v) is 2.37. The molecule has 0 heterocycles. The highest BCUT2D eigenvalue weighted by molar-refractivity contribution is 5.88. The van der Waals surface area contributed by atoms with Crippen LogP contribution in [-0.2, 0) is 16.1 Å². The number of hydrogen-bond acceptors (Lipinski definition) is 3. The molecule has 3 N–H and O–H groups in total. The van der Waals surface area contributed by atoms with Gasteiger partial charge in [0.05, 0.1) is 0 Å². The Hall–Kier alpha value is -1.88. The van der Waals surface area contributed by atoms with Crippen LogP contribution in [0.4, 0.5) is 5.69 Å². The first-order valence-electron chi connectivity index (χ1n) is 5.89. The van der Waals surface area contributed by atoms with Gasteiger partial charge >= 0.3 is 0 Å². The summed E-state index contributed by atoms with van der Waals surface area (Å²) in [5.41, 5.74) is 1.76. The van der Waals surface area contributed by atoms with Crippen LogP contribution in [0.5, 0.6) is 0 Å². The van der Waals surface area contributed by atoms with Gasteiger partial charge < -0.3 is 16.0 Å². The average Bonchev–Trinajstić information content (AvgIpc) is 2.35. The van der Waals surface area contributed by atoms with Crippen molar-refractivity contribution in [3.05, 3.63) is 29.8 Å². The summed E-state index contributed by atoms with van der Waals surface area (Å²) in [5.74, 6) is -0.0709. The first-order valence-corrected chi connectivity index (χ1v) is 5.89. The number of carbonyl (C=O) groups is 2. The Bertz CT molecular complexity index is 401. The van der Waals surface area contributed by atoms with E-state index in [1.807, 2.05) is 31.3 Å². The Labute approximate surface area is 107 Å². The van der Waals surface area contributed by atoms with Gasteiger partial charge in [0.15, 0.2) is 0 Å². The molecule has 1 aromatic carbocycles. The lowest BCUT2D eigenvalue weighted by molar-refractivity contribution is -0.121. The molecule has 0 spiro atoms. The zero-order valence-corrected chi connectivity index (χ0v) is 10.7. The molecule has 0 aliphatic rings. The van der Waals surface area contributed by atoms with E-state index in [4.69, 9.17) is 0 Å². The van der Waals surface area contributed by atoms with Gasteiger partial charge in [0, 0.05) is 32.1 Å². The van der Waals surface area contributed by atoms with Gasteiger partial charge in [0.1, 0.15) is 0 Å². The van der Waals surface area contributed by atoms with Crippen LogP contribution in [-0.4, -0.2) is 25.4 Å². The van der Waals surface area contributed by atoms with Crippen LogP contribution < -0.4 is 16.0 Å². The van der Waals surface area contributed by atoms with Crippen molar-refractivity contribution in [2.24, 2.45) is 0 Å². The second-order valence-electron chi connectivity index (χ2n) is 4.01. The van der Waals surface area contributed by atoms with Crippen molar-refractivity contribution in [2.45, 2.75) is 19.9 Å². The molecule has 0 fully saturated rings. The fraction of sp³-hybridized carbons (Fsp3) is 0.385. The Morgan fingerprint density at radius 1 is 1.17 bits per heavy atom. The molecule has 0 aliphatic heterocycles. The highest BCUT2D eigenvalue weighted by Crippen LogP contribution is 2.09. The molecule has 0 saturated heterocycles. The standard InChI is InChI=1S/C13H19N3O2/c1-10(17)16-12-5-3-11(4-6-12)9-15-13(18)7-8-14-2/h3-6,14H,7-9H2,1-2H3,(H,15,18)(H,16,17). The lowest BCUT2D eigenvalue weighted by Crippen LogP contribution is -2.26. The molecule has 98 valence electrons. The maximum atomic E-state index is 11.4. The summed E-state index contributed by atoms with van der Waals surface area (Å²) >= 11 is 0. The molecular weight excluding hydrogens is 230 g/mol. The molecule has 5 nitrogen and oxygen atoms in total. The Morgan fingerprint density at radius 3 is 2.39 bits per heavy atom. The number of hydrogen-bond donors (Lipinski definition) is 3. The van der Waals surface area contributed by atoms with Gasteiger partial charge in [0.2, 0.25) is 11.8 Å². The second-order valence-corrected chi connectivity index (χ2v) is 4.01. The highest BCUT2D eigenvalue weighted by atomic mass is 16.2. The van der Waals surface area contributed by atoms with E-state index in [-0.39, 0.29) is 11.8 Å². The van der Waals surface area contributed by atoms with Crippen molar-refractivity contribution in [3.8, 4) is 0 Å². The minimum atomic E-state index is -0.0943. The quantitative estimate of drug-likeness (QED) is 0.700. The molecule has 18 heavy (non-hydrogen) atoms. The first kappa shape index (κ1) is 14.2. The van der Waals surface area contributed by atoms with Gasteiger partial charge in [0.25, 0.3) is 0 Å². The summed E-state index contributed by atoms with van der Waals surface area (Å²) in [6, 6.07) is 7.39. The van der Waals surface area contributed by atoms with Crippen LogP contribution in [0.1, 0.15) is 18.9 Å². The third-order valence-electron chi connectivity index (χ3n) is 2.37. The zero-order valence-electron chi connectivity index (χ0n) is 10.7. The zero-order chi connectivity index (χ0) is 13.4. The summed E-state index contributed by atoms with van der Waals surface area (Å²) in [5, 5.41) is 8.44. The van der Waals surface area contributed by atoms with Crippen LogP contribution >= 0.6 is 0 Å². The van der Waals surface area contributed by atoms with E-state index < -0.39 is 0 Å². The molecule has 0 saturated carbocycles. The minimum Gasteiger partial charge on any atom is -0.352 e. The number of rotatable bonds is 6. The molecule has 1 rings (SSSR count). The molecule has 2 amide bonds. The summed E-state index contributed by atoms with van der Waals surface area (Å²) in [6.45, 7) is 2.64. The van der Waals surface area contributed by atoms with Crippen molar-refractivity contribution < 1.29 is 9.59 Å². The lowest BCUT2D eigenvalue weighted by atomic mass is 10.2. The topological polar surface area (TPSA) is 70.2 Å². The predicted octanol–water partition coefficient (Wildman–Crippen LogP) is 0.871. The van der Waals surface area contributed by atoms with Crippen molar-refractivity contribution in [3.63, 3.8) is 0 Å². The molecule has 0 unspecified atom stereocenters. The van der Waals surface area contributed by atoms with Crippen LogP contribution in [0.2, 0.25) is 0 Å². The van der Waals surface area contributed by atoms with Crippen LogP contribution in [0.15, 0.2) is 24.3 Å². The van der Waals surface area contributed by atoms with E-state index in [2.05, 4.69) is 16.0 Å². The van der Waals surface area contributed by atoms with Gasteiger partial charge in [-0.3, -0.25) is 9.59 Å². The molecule has 0 radical (unpaired) electrons. The van der Waals surface area contributed by atoms with Gasteiger partial charge in [-0.1, -0.05) is 12.1 Å². The van der Waals surface area contributed by atoms with E-state index >= 15 is 0 Å². The van der Waals surface area contributed by atoms with Gasteiger partial charge in [-0.05, 0) is 24.7 Å².